The number of H-pyrrole nitrogens is 3. The van der Waals surface area contributed by atoms with Gasteiger partial charge in [-0.05, 0) is 339 Å². The number of methoxy groups -OCH3 is 5. The molecule has 0 radical (unpaired) electrons. The highest BCUT2D eigenvalue weighted by atomic mass is 127. The SMILES string of the molecule is COC(=O)[C@@H](OC(C)(C)C)c1c(C)c(N)c2[nH]c(C3CC3)cc2c1Br.COC(=O)[C@@H](OC(C)(C)C)c1c(C)c(NC(=O)CCl)c2[nH]c(C3CC3)cc2c1Br.COC(=O)[C@@H](OC(C)(C)C)c1c(C)c([N+](=O)[O-])c(N)c(C#CC2CC2)c1Br.COC(=O)[C@@H](OC(C)(C)C)c1c(C)c([N+](=O)[O-])c(N)c(I)c1Br.COC(=O)[C@@H](OC(C)(C)C)c1c(C)c([N+](=O)[O-])c2[nH]c(C3CC3)cc2c1Br. The number of rotatable bonds is 23. The number of aromatic nitrogens is 3. The van der Waals surface area contributed by atoms with E-state index in [0.717, 1.165) is 91.8 Å². The Balaban J connectivity index is 0.000000202. The lowest BCUT2D eigenvalue weighted by Crippen LogP contribution is -2.29. The Labute approximate surface area is 821 Å². The number of nitrogens with one attached hydrogen (secondary N) is 4. The van der Waals surface area contributed by atoms with Gasteiger partial charge in [0.05, 0.1) is 110 Å². The van der Waals surface area contributed by atoms with Gasteiger partial charge in [0, 0.05) is 106 Å². The lowest BCUT2D eigenvalue weighted by atomic mass is 9.95. The third kappa shape index (κ3) is 26.4. The van der Waals surface area contributed by atoms with Crippen LogP contribution in [0.4, 0.5) is 39.8 Å². The number of hydrogen-bond donors (Lipinski definition) is 7. The second kappa shape index (κ2) is 43.3. The predicted molar refractivity (Wildman–Crippen MR) is 529 cm³/mol. The number of nitro benzene ring substituents is 3. The number of esters is 5. The molecule has 5 aromatic carbocycles. The summed E-state index contributed by atoms with van der Waals surface area (Å²) in [5.74, 6) is 4.46. The van der Waals surface area contributed by atoms with Gasteiger partial charge in [0.1, 0.15) is 22.8 Å². The fourth-order valence-corrected chi connectivity index (χ4v) is 19.1. The standard InChI is InChI=1S/C21H26BrClN2O4.2C19H23BrN2O5.C19H25BrN2O3.C14H18BrIN2O5/c1-10-15(19(20(27)28-5)29-21(2,3)4)16(22)12-8-13(11-6-7-11)24-18(12)17(10)25-14(26)9-23;1-9-13(17(18(23)26-5)27-19(2,3)4)14(20)11-8-12(10-6-7-10)21-15(11)16(9)22(24)25;1-10-13(17(18(23)26-5)27-19(2,3)4)14(20)12(9-8-11-6-7-11)15(21)16(10)22(24)25;1-9-13(17(18(23)24-5)25-19(2,3)4)14(20)11-8-12(10-6-7-10)22-16(11)15(9)21;1-6-7(12(13(19)22-5)23-14(2,3)4)8(15)9(16)10(17)11(6)18(20)21/h8,11,19,24H,6-7,9H2,1-5H3,(H,25,26);8,10,17,21H,6-7H2,1-5H3;11,17H,6-7,21H2,1-5H3;8,10,17,22H,6-7,21H2,1-5H3;12H,17H2,1-5H3/t19-;3*17-;12-/m00000/s1. The molecule has 4 aliphatic carbocycles. The molecular weight excluding hydrogens is 2160 g/mol. The smallest absolute Gasteiger partial charge is 0.339 e. The van der Waals surface area contributed by atoms with E-state index < -0.39 is 103 Å². The first-order chi connectivity index (χ1) is 60.6. The molecule has 0 saturated heterocycles. The number of benzene rings is 5. The van der Waals surface area contributed by atoms with Crippen LogP contribution in [-0.4, -0.2) is 135 Å². The van der Waals surface area contributed by atoms with E-state index in [1.807, 2.05) is 105 Å². The second-order valence-electron chi connectivity index (χ2n) is 37.1. The lowest BCUT2D eigenvalue weighted by molar-refractivity contribution is -0.384. The summed E-state index contributed by atoms with van der Waals surface area (Å²) in [6.07, 6.45) is 3.68. The number of fused-ring (bicyclic) bond motifs is 3. The number of carbonyl (C=O) groups is 6. The van der Waals surface area contributed by atoms with E-state index in [2.05, 4.69) is 124 Å². The van der Waals surface area contributed by atoms with Crippen LogP contribution in [0.5, 0.6) is 0 Å². The summed E-state index contributed by atoms with van der Waals surface area (Å²) in [7, 11) is 6.46. The molecular formula is C92H115Br5ClIN10O22. The number of alkyl halides is 1. The molecule has 3 aromatic heterocycles. The van der Waals surface area contributed by atoms with E-state index >= 15 is 0 Å². The Morgan fingerprint density at radius 1 is 0.435 bits per heavy atom. The minimum absolute atomic E-state index is 0.0272. The van der Waals surface area contributed by atoms with Crippen molar-refractivity contribution in [3.63, 3.8) is 0 Å². The van der Waals surface area contributed by atoms with E-state index in [1.54, 1.807) is 48.5 Å². The van der Waals surface area contributed by atoms with E-state index in [0.29, 0.717) is 96.0 Å². The van der Waals surface area contributed by atoms with Crippen LogP contribution >= 0.6 is 114 Å². The molecule has 0 unspecified atom stereocenters. The number of hydrogen-bond acceptors (Lipinski definition) is 25. The Morgan fingerprint density at radius 2 is 0.718 bits per heavy atom. The van der Waals surface area contributed by atoms with Crippen molar-refractivity contribution >= 4 is 222 Å². The van der Waals surface area contributed by atoms with Crippen LogP contribution in [-0.2, 0) is 76.1 Å². The van der Waals surface area contributed by atoms with Crippen LogP contribution in [0.2, 0.25) is 0 Å². The number of nitrogen functional groups attached to an aromatic ring is 3. The van der Waals surface area contributed by atoms with Crippen molar-refractivity contribution in [1.29, 1.82) is 0 Å². The number of nitrogens with zero attached hydrogens (tertiary/aromatic N) is 3. The van der Waals surface area contributed by atoms with Crippen molar-refractivity contribution in [1.82, 2.24) is 15.0 Å². The van der Waals surface area contributed by atoms with Crippen LogP contribution < -0.4 is 22.5 Å². The maximum Gasteiger partial charge on any atom is 0.339 e. The number of amides is 1. The van der Waals surface area contributed by atoms with E-state index in [-0.39, 0.29) is 57.3 Å². The maximum absolute atomic E-state index is 12.7. The molecule has 10 N–H and O–H groups in total. The highest BCUT2D eigenvalue weighted by Gasteiger charge is 2.43. The number of carbonyl (C=O) groups excluding carboxylic acids is 6. The first-order valence-corrected chi connectivity index (χ1v) is 47.5. The molecule has 0 bridgehead atoms. The normalized spacial score (nSPS) is 15.1. The summed E-state index contributed by atoms with van der Waals surface area (Å²) in [6.45, 7) is 36.0. The molecule has 0 spiro atoms. The van der Waals surface area contributed by atoms with Crippen molar-refractivity contribution in [2.24, 2.45) is 5.92 Å². The molecule has 0 aliphatic heterocycles. The molecule has 8 aromatic rings. The summed E-state index contributed by atoms with van der Waals surface area (Å²) >= 11 is 25.4. The zero-order chi connectivity index (χ0) is 98.7. The van der Waals surface area contributed by atoms with Crippen molar-refractivity contribution in [2.75, 3.05) is 63.9 Å². The zero-order valence-electron chi connectivity index (χ0n) is 78.0. The van der Waals surface area contributed by atoms with Crippen molar-refractivity contribution in [2.45, 2.75) is 266 Å². The Kier molecular flexibility index (Phi) is 35.8. The molecule has 32 nitrogen and oxygen atoms in total. The third-order valence-electron chi connectivity index (χ3n) is 21.2. The number of anilines is 4. The number of nitro groups is 3. The monoisotopic (exact) mass is 2270 g/mol. The summed E-state index contributed by atoms with van der Waals surface area (Å²) < 4.78 is 57.9. The number of ether oxygens (including phenoxy) is 10. The van der Waals surface area contributed by atoms with E-state index in [1.165, 1.54) is 67.9 Å². The molecule has 3 heterocycles. The predicted octanol–water partition coefficient (Wildman–Crippen LogP) is 23.0. The highest BCUT2D eigenvalue weighted by molar-refractivity contribution is 14.1. The molecule has 1 amide bonds. The van der Waals surface area contributed by atoms with Gasteiger partial charge in [-0.15, -0.1) is 11.6 Å². The van der Waals surface area contributed by atoms with Crippen LogP contribution in [0.25, 0.3) is 32.7 Å². The van der Waals surface area contributed by atoms with Crippen molar-refractivity contribution in [3.8, 4) is 11.8 Å². The second-order valence-corrected chi connectivity index (χ2v) is 42.5. The molecule has 5 atom stereocenters. The third-order valence-corrected chi connectivity index (χ3v) is 27.5. The van der Waals surface area contributed by atoms with Crippen LogP contribution in [0.1, 0.15) is 282 Å². The van der Waals surface area contributed by atoms with Crippen LogP contribution in [0.3, 0.4) is 0 Å². The minimum Gasteiger partial charge on any atom is -0.467 e. The number of aromatic amines is 3. The Morgan fingerprint density at radius 3 is 1.03 bits per heavy atom. The molecule has 39 heteroatoms. The molecule has 131 heavy (non-hydrogen) atoms. The molecule has 4 fully saturated rings. The van der Waals surface area contributed by atoms with Crippen molar-refractivity contribution in [3.05, 3.63) is 153 Å². The van der Waals surface area contributed by atoms with Gasteiger partial charge < -0.3 is 84.8 Å². The van der Waals surface area contributed by atoms with Gasteiger partial charge in [-0.25, -0.2) is 24.0 Å². The van der Waals surface area contributed by atoms with Gasteiger partial charge in [0.25, 0.3) is 17.1 Å². The van der Waals surface area contributed by atoms with Gasteiger partial charge >= 0.3 is 29.8 Å². The van der Waals surface area contributed by atoms with Crippen molar-refractivity contribution < 1.29 is 90.9 Å². The Bertz CT molecular complexity index is 5850. The van der Waals surface area contributed by atoms with Gasteiger partial charge in [-0.2, -0.15) is 0 Å². The highest BCUT2D eigenvalue weighted by Crippen LogP contribution is 2.53. The summed E-state index contributed by atoms with van der Waals surface area (Å²) in [6, 6.07) is 6.13. The van der Waals surface area contributed by atoms with Gasteiger partial charge in [-0.3, -0.25) is 35.1 Å². The summed E-state index contributed by atoms with van der Waals surface area (Å²) in [4.78, 5) is 118. The van der Waals surface area contributed by atoms with E-state index in [9.17, 15) is 59.1 Å². The fourth-order valence-electron chi connectivity index (χ4n) is 14.5. The number of halogens is 7. The minimum atomic E-state index is -1.16. The molecule has 4 saturated carbocycles. The summed E-state index contributed by atoms with van der Waals surface area (Å²) in [5.41, 5.74) is 26.6. The zero-order valence-corrected chi connectivity index (χ0v) is 88.8. The fraction of sp³-hybridized carbons (Fsp3) is 0.522. The van der Waals surface area contributed by atoms with E-state index in [4.69, 9.17) is 76.2 Å². The summed E-state index contributed by atoms with van der Waals surface area (Å²) in [5, 5.41) is 40.3. The molecule has 714 valence electrons. The van der Waals surface area contributed by atoms with Crippen LogP contribution in [0.15, 0.2) is 40.6 Å². The molecule has 12 rings (SSSR count). The largest absolute Gasteiger partial charge is 0.467 e. The van der Waals surface area contributed by atoms with Gasteiger partial charge in [0.2, 0.25) is 5.91 Å². The molecule has 4 aliphatic rings. The first kappa shape index (κ1) is 108. The average Bonchev–Trinajstić information content (AvgIpc) is 1.61. The topological polar surface area (TPSA) is 462 Å². The lowest BCUT2D eigenvalue weighted by Gasteiger charge is -2.28. The van der Waals surface area contributed by atoms with Crippen LogP contribution in [0, 0.1) is 86.3 Å². The number of nitrogens with two attached hydrogens (primary N) is 3. The van der Waals surface area contributed by atoms with Gasteiger partial charge in [-0.1, -0.05) is 11.8 Å². The average molecular weight is 2270 g/mol. The van der Waals surface area contributed by atoms with Gasteiger partial charge in [0.15, 0.2) is 30.5 Å². The maximum atomic E-state index is 12.7. The quantitative estimate of drug-likeness (QED) is 0.00457. The first-order valence-electron chi connectivity index (χ1n) is 41.9. The Hall–Kier alpha value is -8.08.